The lowest BCUT2D eigenvalue weighted by molar-refractivity contribution is 0.340. The van der Waals surface area contributed by atoms with Gasteiger partial charge in [0.05, 0.1) is 11.3 Å². The number of nitrogens with zero attached hydrogens (tertiary/aromatic N) is 2. The molecule has 0 amide bonds. The fourth-order valence-corrected chi connectivity index (χ4v) is 3.45. The van der Waals surface area contributed by atoms with Gasteiger partial charge in [-0.3, -0.25) is 0 Å². The number of nitriles is 1. The number of hydrogen-bond acceptors (Lipinski definition) is 3. The van der Waals surface area contributed by atoms with Crippen molar-refractivity contribution >= 4 is 21.6 Å². The normalized spacial score (nSPS) is 26.8. The first-order valence-electron chi connectivity index (χ1n) is 6.46. The number of halogens is 1. The van der Waals surface area contributed by atoms with Crippen LogP contribution >= 0.6 is 15.9 Å². The van der Waals surface area contributed by atoms with Crippen molar-refractivity contribution in [3.8, 4) is 6.07 Å². The van der Waals surface area contributed by atoms with E-state index in [0.717, 1.165) is 41.3 Å². The highest BCUT2D eigenvalue weighted by molar-refractivity contribution is 9.10. The van der Waals surface area contributed by atoms with E-state index in [4.69, 9.17) is 0 Å². The average molecular weight is 306 g/mol. The summed E-state index contributed by atoms with van der Waals surface area (Å²) in [6, 6.07) is 8.80. The van der Waals surface area contributed by atoms with E-state index in [1.54, 1.807) is 0 Å². The van der Waals surface area contributed by atoms with E-state index in [2.05, 4.69) is 38.3 Å². The summed E-state index contributed by atoms with van der Waals surface area (Å²) in [4.78, 5) is 2.36. The number of benzene rings is 1. The van der Waals surface area contributed by atoms with Gasteiger partial charge in [0.25, 0.3) is 0 Å². The smallest absolute Gasteiger partial charge is 0.101 e. The van der Waals surface area contributed by atoms with E-state index in [1.807, 2.05) is 12.1 Å². The van der Waals surface area contributed by atoms with Gasteiger partial charge in [0.15, 0.2) is 0 Å². The van der Waals surface area contributed by atoms with Crippen molar-refractivity contribution in [2.24, 2.45) is 5.92 Å². The maximum absolute atomic E-state index is 9.22. The van der Waals surface area contributed by atoms with Gasteiger partial charge in [-0.25, -0.2) is 0 Å². The van der Waals surface area contributed by atoms with Gasteiger partial charge in [-0.05, 0) is 43.5 Å². The lowest BCUT2D eigenvalue weighted by atomic mass is 9.94. The van der Waals surface area contributed by atoms with E-state index < -0.39 is 0 Å². The van der Waals surface area contributed by atoms with Gasteiger partial charge in [0.1, 0.15) is 6.07 Å². The molecular weight excluding hydrogens is 290 g/mol. The molecule has 2 atom stereocenters. The second kappa shape index (κ2) is 4.91. The molecule has 2 aliphatic rings. The highest BCUT2D eigenvalue weighted by Crippen LogP contribution is 2.32. The van der Waals surface area contributed by atoms with Crippen molar-refractivity contribution in [1.29, 1.82) is 5.26 Å². The molecule has 2 saturated heterocycles. The van der Waals surface area contributed by atoms with Crippen molar-refractivity contribution in [2.75, 3.05) is 24.5 Å². The Morgan fingerprint density at radius 3 is 3.06 bits per heavy atom. The van der Waals surface area contributed by atoms with Crippen LogP contribution in [0.4, 0.5) is 5.69 Å². The fourth-order valence-electron chi connectivity index (χ4n) is 3.10. The van der Waals surface area contributed by atoms with Gasteiger partial charge in [-0.1, -0.05) is 15.9 Å². The second-order valence-electron chi connectivity index (χ2n) is 5.14. The second-order valence-corrected chi connectivity index (χ2v) is 6.06. The largest absolute Gasteiger partial charge is 0.369 e. The Balaban J connectivity index is 1.88. The van der Waals surface area contributed by atoms with Crippen molar-refractivity contribution in [2.45, 2.75) is 18.9 Å². The molecule has 0 spiro atoms. The minimum Gasteiger partial charge on any atom is -0.369 e. The molecule has 0 radical (unpaired) electrons. The maximum Gasteiger partial charge on any atom is 0.101 e. The molecule has 1 aromatic rings. The Bertz CT molecular complexity index is 480. The number of piperidine rings is 1. The number of rotatable bonds is 1. The summed E-state index contributed by atoms with van der Waals surface area (Å²) in [6.07, 6.45) is 2.59. The highest BCUT2D eigenvalue weighted by atomic mass is 79.9. The predicted octanol–water partition coefficient (Wildman–Crippen LogP) is 2.51. The van der Waals surface area contributed by atoms with Crippen LogP contribution in [-0.4, -0.2) is 25.7 Å². The van der Waals surface area contributed by atoms with Gasteiger partial charge < -0.3 is 10.2 Å². The molecule has 1 N–H and O–H groups in total. The van der Waals surface area contributed by atoms with Crippen molar-refractivity contribution < 1.29 is 0 Å². The summed E-state index contributed by atoms with van der Waals surface area (Å²) in [6.45, 7) is 3.23. The standard InChI is InChI=1S/C14H16BrN3/c15-12-4-3-10(7-16)14(6-12)18-8-11-2-1-5-17-13(11)9-18/h3-4,6,11,13,17H,1-2,5,8-9H2. The fraction of sp³-hybridized carbons (Fsp3) is 0.500. The van der Waals surface area contributed by atoms with E-state index in [0.29, 0.717) is 6.04 Å². The molecule has 0 bridgehead atoms. The summed E-state index contributed by atoms with van der Waals surface area (Å²) in [5.41, 5.74) is 1.85. The molecule has 1 aromatic carbocycles. The third kappa shape index (κ3) is 2.13. The summed E-state index contributed by atoms with van der Waals surface area (Å²) in [7, 11) is 0. The van der Waals surface area contributed by atoms with Crippen molar-refractivity contribution in [3.63, 3.8) is 0 Å². The maximum atomic E-state index is 9.22. The molecular formula is C14H16BrN3. The van der Waals surface area contributed by atoms with Crippen molar-refractivity contribution in [1.82, 2.24) is 5.32 Å². The quantitative estimate of drug-likeness (QED) is 0.866. The Morgan fingerprint density at radius 2 is 2.28 bits per heavy atom. The monoisotopic (exact) mass is 305 g/mol. The molecule has 2 aliphatic heterocycles. The third-order valence-corrected chi connectivity index (χ3v) is 4.51. The van der Waals surface area contributed by atoms with Crippen LogP contribution in [0.3, 0.4) is 0 Å². The van der Waals surface area contributed by atoms with E-state index in [9.17, 15) is 5.26 Å². The van der Waals surface area contributed by atoms with Crippen LogP contribution in [0.15, 0.2) is 22.7 Å². The summed E-state index contributed by atoms with van der Waals surface area (Å²) >= 11 is 3.50. The molecule has 3 nitrogen and oxygen atoms in total. The van der Waals surface area contributed by atoms with Crippen molar-refractivity contribution in [3.05, 3.63) is 28.2 Å². The molecule has 94 valence electrons. The zero-order chi connectivity index (χ0) is 12.5. The number of anilines is 1. The highest BCUT2D eigenvalue weighted by Gasteiger charge is 2.34. The van der Waals surface area contributed by atoms with Crippen LogP contribution in [0.5, 0.6) is 0 Å². The Hall–Kier alpha value is -1.05. The summed E-state index contributed by atoms with van der Waals surface area (Å²) < 4.78 is 1.04. The first kappa shape index (κ1) is 12.0. The molecule has 2 fully saturated rings. The molecule has 0 aromatic heterocycles. The predicted molar refractivity (Wildman–Crippen MR) is 75.6 cm³/mol. The van der Waals surface area contributed by atoms with Crippen LogP contribution < -0.4 is 10.2 Å². The Kier molecular flexibility index (Phi) is 3.27. The van der Waals surface area contributed by atoms with Gasteiger partial charge in [-0.15, -0.1) is 0 Å². The average Bonchev–Trinajstić information content (AvgIpc) is 2.82. The van der Waals surface area contributed by atoms with Gasteiger partial charge in [0.2, 0.25) is 0 Å². The molecule has 2 heterocycles. The van der Waals surface area contributed by atoms with Gasteiger partial charge in [0, 0.05) is 23.6 Å². The minimum atomic E-state index is 0.601. The lowest BCUT2D eigenvalue weighted by Gasteiger charge is -2.24. The number of hydrogen-bond donors (Lipinski definition) is 1. The number of nitrogens with one attached hydrogen (secondary N) is 1. The number of fused-ring (bicyclic) bond motifs is 1. The third-order valence-electron chi connectivity index (χ3n) is 4.02. The van der Waals surface area contributed by atoms with Crippen LogP contribution in [0.1, 0.15) is 18.4 Å². The Labute approximate surface area is 116 Å². The van der Waals surface area contributed by atoms with E-state index in [-0.39, 0.29) is 0 Å². The molecule has 0 aliphatic carbocycles. The first-order valence-corrected chi connectivity index (χ1v) is 7.25. The first-order chi connectivity index (χ1) is 8.78. The molecule has 18 heavy (non-hydrogen) atoms. The SMILES string of the molecule is N#Cc1ccc(Br)cc1N1CC2CCCNC2C1. The molecule has 4 heteroatoms. The van der Waals surface area contributed by atoms with Gasteiger partial charge in [-0.2, -0.15) is 5.26 Å². The summed E-state index contributed by atoms with van der Waals surface area (Å²) in [5.74, 6) is 0.740. The van der Waals surface area contributed by atoms with Crippen LogP contribution in [0.2, 0.25) is 0 Å². The van der Waals surface area contributed by atoms with E-state index in [1.165, 1.54) is 12.8 Å². The minimum absolute atomic E-state index is 0.601. The van der Waals surface area contributed by atoms with Crippen LogP contribution in [0.25, 0.3) is 0 Å². The van der Waals surface area contributed by atoms with Crippen LogP contribution in [-0.2, 0) is 0 Å². The van der Waals surface area contributed by atoms with Crippen LogP contribution in [0, 0.1) is 17.2 Å². The molecule has 2 unspecified atom stereocenters. The molecule has 0 saturated carbocycles. The molecule has 3 rings (SSSR count). The zero-order valence-corrected chi connectivity index (χ0v) is 11.8. The zero-order valence-electron chi connectivity index (χ0n) is 10.2. The Morgan fingerprint density at radius 1 is 1.39 bits per heavy atom. The summed E-state index contributed by atoms with van der Waals surface area (Å²) in [5, 5.41) is 12.8. The topological polar surface area (TPSA) is 39.1 Å². The van der Waals surface area contributed by atoms with Gasteiger partial charge >= 0.3 is 0 Å². The lowest BCUT2D eigenvalue weighted by Crippen LogP contribution is -2.40. The van der Waals surface area contributed by atoms with E-state index >= 15 is 0 Å².